The van der Waals surface area contributed by atoms with Crippen LogP contribution in [0, 0.1) is 6.92 Å². The summed E-state index contributed by atoms with van der Waals surface area (Å²) in [6.45, 7) is 16.2. The van der Waals surface area contributed by atoms with E-state index in [1.165, 1.54) is 0 Å². The van der Waals surface area contributed by atoms with Crippen molar-refractivity contribution in [1.29, 1.82) is 0 Å². The van der Waals surface area contributed by atoms with E-state index >= 15 is 0 Å². The van der Waals surface area contributed by atoms with E-state index in [1.54, 1.807) is 29.2 Å². The number of carbonyl (C=O) groups is 2. The van der Waals surface area contributed by atoms with Crippen LogP contribution in [0.2, 0.25) is 0 Å². The van der Waals surface area contributed by atoms with E-state index < -0.39 is 17.7 Å². The molecule has 1 amide bonds. The molecule has 7 heteroatoms. The number of carbonyl (C=O) groups excluding carboxylic acids is 2. The highest BCUT2D eigenvalue weighted by Gasteiger charge is 2.46. The fraction of sp³-hybridized carbons (Fsp3) is 0.419. The molecular weight excluding hydrogens is 480 g/mol. The molecule has 0 bridgehead atoms. The lowest BCUT2D eigenvalue weighted by molar-refractivity contribution is -0.140. The van der Waals surface area contributed by atoms with E-state index in [1.807, 2.05) is 31.2 Å². The Hall–Kier alpha value is -3.42. The summed E-state index contributed by atoms with van der Waals surface area (Å²) in [6.07, 6.45) is 1.66. The van der Waals surface area contributed by atoms with Gasteiger partial charge in [-0.3, -0.25) is 14.5 Å². The number of hydrogen-bond acceptors (Lipinski definition) is 6. The zero-order valence-electron chi connectivity index (χ0n) is 22.8. The Balaban J connectivity index is 1.74. The first-order chi connectivity index (χ1) is 18.1. The maximum absolute atomic E-state index is 13.4. The summed E-state index contributed by atoms with van der Waals surface area (Å²) < 4.78 is 11.1. The van der Waals surface area contributed by atoms with Crippen LogP contribution < -0.4 is 4.74 Å². The molecule has 2 saturated heterocycles. The normalized spacial score (nSPS) is 20.1. The van der Waals surface area contributed by atoms with Gasteiger partial charge in [-0.05, 0) is 47.2 Å². The van der Waals surface area contributed by atoms with Gasteiger partial charge in [0.05, 0.1) is 24.8 Å². The van der Waals surface area contributed by atoms with Crippen LogP contribution >= 0.6 is 0 Å². The van der Waals surface area contributed by atoms with Gasteiger partial charge in [-0.2, -0.15) is 0 Å². The third-order valence-corrected chi connectivity index (χ3v) is 7.20. The molecule has 2 aromatic carbocycles. The molecule has 0 saturated carbocycles. The Labute approximate surface area is 225 Å². The number of amides is 1. The van der Waals surface area contributed by atoms with Gasteiger partial charge in [0.2, 0.25) is 0 Å². The van der Waals surface area contributed by atoms with E-state index in [9.17, 15) is 14.7 Å². The molecule has 7 nitrogen and oxygen atoms in total. The number of nitrogens with zero attached hydrogens (tertiary/aromatic N) is 2. The average Bonchev–Trinajstić information content (AvgIpc) is 3.16. The van der Waals surface area contributed by atoms with Gasteiger partial charge in [0.25, 0.3) is 11.7 Å². The van der Waals surface area contributed by atoms with Gasteiger partial charge < -0.3 is 19.5 Å². The number of aliphatic hydroxyl groups excluding tert-OH is 1. The molecule has 0 aromatic heterocycles. The Bertz CT molecular complexity index is 1220. The molecule has 0 aliphatic carbocycles. The highest BCUT2D eigenvalue weighted by molar-refractivity contribution is 6.46. The van der Waals surface area contributed by atoms with Crippen molar-refractivity contribution in [1.82, 2.24) is 9.80 Å². The molecule has 2 heterocycles. The third-order valence-electron chi connectivity index (χ3n) is 7.20. The largest absolute Gasteiger partial charge is 0.507 e. The minimum atomic E-state index is -0.679. The van der Waals surface area contributed by atoms with E-state index in [2.05, 4.69) is 32.3 Å². The van der Waals surface area contributed by atoms with Gasteiger partial charge in [0.15, 0.2) is 0 Å². The topological polar surface area (TPSA) is 79.3 Å². The van der Waals surface area contributed by atoms with Gasteiger partial charge in [-0.1, -0.05) is 57.7 Å². The number of morpholine rings is 1. The number of likely N-dealkylation sites (tertiary alicyclic amines) is 1. The maximum Gasteiger partial charge on any atom is 0.295 e. The fourth-order valence-corrected chi connectivity index (χ4v) is 4.96. The molecule has 38 heavy (non-hydrogen) atoms. The predicted octanol–water partition coefficient (Wildman–Crippen LogP) is 4.61. The third kappa shape index (κ3) is 5.84. The van der Waals surface area contributed by atoms with Crippen LogP contribution in [0.4, 0.5) is 0 Å². The van der Waals surface area contributed by atoms with Crippen molar-refractivity contribution in [3.05, 3.63) is 82.9 Å². The van der Waals surface area contributed by atoms with Gasteiger partial charge in [-0.15, -0.1) is 0 Å². The van der Waals surface area contributed by atoms with Crippen LogP contribution in [0.5, 0.6) is 5.75 Å². The second kappa shape index (κ2) is 11.5. The van der Waals surface area contributed by atoms with Gasteiger partial charge in [0, 0.05) is 31.7 Å². The minimum Gasteiger partial charge on any atom is -0.507 e. The number of aliphatic hydroxyl groups is 1. The second-order valence-electron chi connectivity index (χ2n) is 10.9. The number of rotatable bonds is 8. The summed E-state index contributed by atoms with van der Waals surface area (Å²) in [6, 6.07) is 12.6. The average molecular weight is 519 g/mol. The van der Waals surface area contributed by atoms with Gasteiger partial charge in [-0.25, -0.2) is 0 Å². The zero-order valence-corrected chi connectivity index (χ0v) is 22.8. The van der Waals surface area contributed by atoms with Crippen molar-refractivity contribution in [3.8, 4) is 5.75 Å². The van der Waals surface area contributed by atoms with Crippen LogP contribution in [0.15, 0.2) is 60.7 Å². The number of Topliss-reactive ketones (excluding diaryl/α,β-unsaturated/α-hetero) is 1. The number of benzene rings is 2. The molecule has 2 fully saturated rings. The lowest BCUT2D eigenvalue weighted by atomic mass is 9.85. The molecule has 0 radical (unpaired) electrons. The molecule has 2 aliphatic heterocycles. The van der Waals surface area contributed by atoms with Gasteiger partial charge in [0.1, 0.15) is 18.1 Å². The van der Waals surface area contributed by atoms with Crippen molar-refractivity contribution >= 4 is 17.4 Å². The van der Waals surface area contributed by atoms with Crippen LogP contribution in [0.25, 0.3) is 5.76 Å². The summed E-state index contributed by atoms with van der Waals surface area (Å²) in [5.74, 6) is -0.770. The summed E-state index contributed by atoms with van der Waals surface area (Å²) in [4.78, 5) is 30.6. The SMILES string of the molecule is C=CCOc1ccc(C(O)=C2C(=O)C(=O)N(CCN3CCOCC3)C2c2ccc(C(C)(C)C)cc2)cc1C. The van der Waals surface area contributed by atoms with E-state index in [-0.39, 0.29) is 16.7 Å². The van der Waals surface area contributed by atoms with Crippen LogP contribution in [-0.2, 0) is 19.7 Å². The van der Waals surface area contributed by atoms with Crippen molar-refractivity contribution in [3.63, 3.8) is 0 Å². The van der Waals surface area contributed by atoms with Crippen molar-refractivity contribution in [2.45, 2.75) is 39.2 Å². The number of aryl methyl sites for hydroxylation is 1. The quantitative estimate of drug-likeness (QED) is 0.238. The smallest absolute Gasteiger partial charge is 0.295 e. The number of ether oxygens (including phenoxy) is 2. The maximum atomic E-state index is 13.4. The Kier molecular flexibility index (Phi) is 8.38. The van der Waals surface area contributed by atoms with Gasteiger partial charge >= 0.3 is 0 Å². The molecular formula is C31H38N2O5. The summed E-state index contributed by atoms with van der Waals surface area (Å²) >= 11 is 0. The predicted molar refractivity (Wildman–Crippen MR) is 148 cm³/mol. The van der Waals surface area contributed by atoms with Crippen molar-refractivity contribution in [2.24, 2.45) is 0 Å². The molecule has 1 atom stereocenters. The first-order valence-corrected chi connectivity index (χ1v) is 13.2. The fourth-order valence-electron chi connectivity index (χ4n) is 4.96. The number of ketones is 1. The molecule has 2 aliphatic rings. The molecule has 0 spiro atoms. The molecule has 4 rings (SSSR count). The van der Waals surface area contributed by atoms with Crippen LogP contribution in [-0.4, -0.2) is 72.6 Å². The zero-order chi connectivity index (χ0) is 27.4. The first-order valence-electron chi connectivity index (χ1n) is 13.2. The van der Waals surface area contributed by atoms with Crippen molar-refractivity contribution < 1.29 is 24.2 Å². The standard InChI is InChI=1S/C31H38N2O5/c1-6-17-38-25-12-9-23(20-21(25)2)28(34)26-27(22-7-10-24(11-8-22)31(3,4)5)33(30(36)29(26)35)14-13-32-15-18-37-19-16-32/h6-12,20,27,34H,1,13-19H2,2-5H3. The van der Waals surface area contributed by atoms with E-state index in [0.717, 1.165) is 29.8 Å². The summed E-state index contributed by atoms with van der Waals surface area (Å²) in [7, 11) is 0. The lowest BCUT2D eigenvalue weighted by Crippen LogP contribution is -2.42. The molecule has 1 unspecified atom stereocenters. The Morgan fingerprint density at radius 3 is 2.39 bits per heavy atom. The Morgan fingerprint density at radius 2 is 1.79 bits per heavy atom. The summed E-state index contributed by atoms with van der Waals surface area (Å²) in [5.41, 5.74) is 3.30. The summed E-state index contributed by atoms with van der Waals surface area (Å²) in [5, 5.41) is 11.4. The second-order valence-corrected chi connectivity index (χ2v) is 10.9. The first kappa shape index (κ1) is 27.6. The Morgan fingerprint density at radius 1 is 1.11 bits per heavy atom. The highest BCUT2D eigenvalue weighted by Crippen LogP contribution is 2.40. The molecule has 2 aromatic rings. The van der Waals surface area contributed by atoms with Crippen LogP contribution in [0.1, 0.15) is 49.1 Å². The van der Waals surface area contributed by atoms with Crippen molar-refractivity contribution in [2.75, 3.05) is 46.0 Å². The molecule has 1 N–H and O–H groups in total. The highest BCUT2D eigenvalue weighted by atomic mass is 16.5. The lowest BCUT2D eigenvalue weighted by Gasteiger charge is -2.31. The monoisotopic (exact) mass is 518 g/mol. The van der Waals surface area contributed by atoms with Crippen LogP contribution in [0.3, 0.4) is 0 Å². The van der Waals surface area contributed by atoms with E-state index in [4.69, 9.17) is 9.47 Å². The minimum absolute atomic E-state index is 0.0381. The van der Waals surface area contributed by atoms with E-state index in [0.29, 0.717) is 44.2 Å². The number of hydrogen-bond donors (Lipinski definition) is 1. The molecule has 202 valence electrons.